The Morgan fingerprint density at radius 1 is 1.03 bits per heavy atom. The van der Waals surface area contributed by atoms with Crippen LogP contribution in [0.25, 0.3) is 0 Å². The molecule has 170 valence electrons. The molecule has 1 saturated heterocycles. The van der Waals surface area contributed by atoms with Gasteiger partial charge in [-0.2, -0.15) is 0 Å². The number of fused-ring (bicyclic) bond motifs is 6. The maximum Gasteiger partial charge on any atom is 0.155 e. The van der Waals surface area contributed by atoms with Crippen molar-refractivity contribution in [3.05, 3.63) is 22.8 Å². The first-order chi connectivity index (χ1) is 14.8. The largest absolute Gasteiger partial charge is 0.371 e. The lowest BCUT2D eigenvalue weighted by Crippen LogP contribution is -2.40. The van der Waals surface area contributed by atoms with E-state index in [0.29, 0.717) is 17.8 Å². The zero-order valence-corrected chi connectivity index (χ0v) is 20.2. The van der Waals surface area contributed by atoms with Crippen LogP contribution in [0.3, 0.4) is 0 Å². The molecular formula is C29H42O2. The molecule has 1 aliphatic heterocycles. The van der Waals surface area contributed by atoms with Gasteiger partial charge in [0.1, 0.15) is 0 Å². The van der Waals surface area contributed by atoms with Crippen molar-refractivity contribution >= 4 is 5.78 Å². The molecule has 0 radical (unpaired) electrons. The van der Waals surface area contributed by atoms with Crippen LogP contribution in [0.2, 0.25) is 0 Å². The molecule has 4 fully saturated rings. The smallest absolute Gasteiger partial charge is 0.155 e. The number of carbonyl (C=O) groups is 1. The standard InChI is InChI=1S/C29H42O2/c1-17-5-7-22-19(3)29(31-27(22)13-17)12-10-23-24-8-6-20-14-21(30)9-11-28(20,4)26(24)15-25(23)18(2)16-29/h14,17,19,22-24,26-27H,5-13,15-16H2,1-4H3/t17-,19-,22+,23+,24+,26+,27-,28+,29+/m1/s1. The van der Waals surface area contributed by atoms with Gasteiger partial charge in [0.25, 0.3) is 0 Å². The maximum atomic E-state index is 12.1. The molecule has 6 rings (SSSR count). The van der Waals surface area contributed by atoms with Crippen LogP contribution in [0.4, 0.5) is 0 Å². The predicted octanol–water partition coefficient (Wildman–Crippen LogP) is 7.04. The zero-order chi connectivity index (χ0) is 21.5. The minimum absolute atomic E-state index is 0.108. The lowest BCUT2D eigenvalue weighted by molar-refractivity contribution is -0.116. The van der Waals surface area contributed by atoms with Crippen molar-refractivity contribution in [3.63, 3.8) is 0 Å². The second kappa shape index (κ2) is 7.05. The highest BCUT2D eigenvalue weighted by molar-refractivity contribution is 5.91. The first-order valence-electron chi connectivity index (χ1n) is 13.4. The van der Waals surface area contributed by atoms with Crippen LogP contribution >= 0.6 is 0 Å². The minimum Gasteiger partial charge on any atom is -0.371 e. The minimum atomic E-state index is 0.108. The van der Waals surface area contributed by atoms with Gasteiger partial charge in [0.05, 0.1) is 11.7 Å². The Bertz CT molecular complexity index is 851. The first kappa shape index (κ1) is 20.7. The van der Waals surface area contributed by atoms with Gasteiger partial charge in [-0.15, -0.1) is 0 Å². The summed E-state index contributed by atoms with van der Waals surface area (Å²) >= 11 is 0. The van der Waals surface area contributed by atoms with Crippen LogP contribution in [-0.4, -0.2) is 17.5 Å². The fraction of sp³-hybridized carbons (Fsp3) is 0.828. The number of ether oxygens (including phenoxy) is 1. The van der Waals surface area contributed by atoms with Gasteiger partial charge in [-0.05, 0) is 112 Å². The lowest BCUT2D eigenvalue weighted by atomic mass is 9.56. The summed E-state index contributed by atoms with van der Waals surface area (Å²) in [4.78, 5) is 12.1. The molecule has 6 aliphatic rings. The molecule has 0 aromatic heterocycles. The van der Waals surface area contributed by atoms with Crippen molar-refractivity contribution < 1.29 is 9.53 Å². The van der Waals surface area contributed by atoms with Gasteiger partial charge in [0.15, 0.2) is 5.78 Å². The summed E-state index contributed by atoms with van der Waals surface area (Å²) in [5, 5.41) is 0. The third-order valence-electron chi connectivity index (χ3n) is 11.4. The first-order valence-corrected chi connectivity index (χ1v) is 13.4. The summed E-state index contributed by atoms with van der Waals surface area (Å²) in [7, 11) is 0. The number of hydrogen-bond acceptors (Lipinski definition) is 2. The number of allylic oxidation sites excluding steroid dienone is 3. The summed E-state index contributed by atoms with van der Waals surface area (Å²) in [5.41, 5.74) is 5.36. The van der Waals surface area contributed by atoms with E-state index in [2.05, 4.69) is 27.7 Å². The second-order valence-corrected chi connectivity index (χ2v) is 12.8. The van der Waals surface area contributed by atoms with Gasteiger partial charge in [0, 0.05) is 6.42 Å². The zero-order valence-electron chi connectivity index (χ0n) is 20.2. The Balaban J connectivity index is 1.30. The average molecular weight is 423 g/mol. The SMILES string of the molecule is CC1=C2C[C@H]3[C@@H](CCC4=CC(=O)CC[C@@]43C)[C@@H]2CC[C@@]2(C1)O[C@@H]1C[C@H](C)CC[C@H]1[C@H]2C. The van der Waals surface area contributed by atoms with Crippen molar-refractivity contribution in [2.24, 2.45) is 40.9 Å². The van der Waals surface area contributed by atoms with Gasteiger partial charge in [0.2, 0.25) is 0 Å². The van der Waals surface area contributed by atoms with Crippen molar-refractivity contribution in [1.29, 1.82) is 0 Å². The van der Waals surface area contributed by atoms with Gasteiger partial charge in [-0.3, -0.25) is 4.79 Å². The van der Waals surface area contributed by atoms with Crippen LogP contribution in [0.5, 0.6) is 0 Å². The molecule has 1 spiro atoms. The van der Waals surface area contributed by atoms with Gasteiger partial charge < -0.3 is 4.74 Å². The Kier molecular flexibility index (Phi) is 4.71. The van der Waals surface area contributed by atoms with Gasteiger partial charge in [-0.1, -0.05) is 43.9 Å². The highest BCUT2D eigenvalue weighted by Gasteiger charge is 2.58. The van der Waals surface area contributed by atoms with E-state index in [1.807, 2.05) is 11.6 Å². The van der Waals surface area contributed by atoms with E-state index < -0.39 is 0 Å². The van der Waals surface area contributed by atoms with E-state index in [9.17, 15) is 4.79 Å². The van der Waals surface area contributed by atoms with E-state index in [-0.39, 0.29) is 11.0 Å². The normalized spacial score (nSPS) is 51.7. The van der Waals surface area contributed by atoms with Gasteiger partial charge in [-0.25, -0.2) is 0 Å². The molecule has 3 saturated carbocycles. The Morgan fingerprint density at radius 3 is 2.71 bits per heavy atom. The highest BCUT2D eigenvalue weighted by atomic mass is 16.5. The van der Waals surface area contributed by atoms with Crippen molar-refractivity contribution in [2.75, 3.05) is 0 Å². The molecule has 5 aliphatic carbocycles. The fourth-order valence-electron chi connectivity index (χ4n) is 9.53. The summed E-state index contributed by atoms with van der Waals surface area (Å²) in [6.45, 7) is 9.90. The molecule has 0 unspecified atom stereocenters. The molecule has 9 atom stereocenters. The summed E-state index contributed by atoms with van der Waals surface area (Å²) in [5.74, 6) is 5.07. The molecule has 0 amide bonds. The molecule has 1 heterocycles. The number of rotatable bonds is 0. The molecule has 0 aromatic carbocycles. The highest BCUT2D eigenvalue weighted by Crippen LogP contribution is 2.64. The topological polar surface area (TPSA) is 26.3 Å². The third kappa shape index (κ3) is 2.95. The van der Waals surface area contributed by atoms with Crippen LogP contribution in [0.15, 0.2) is 22.8 Å². The van der Waals surface area contributed by atoms with E-state index in [4.69, 9.17) is 4.74 Å². The monoisotopic (exact) mass is 422 g/mol. The van der Waals surface area contributed by atoms with Gasteiger partial charge >= 0.3 is 0 Å². The number of ketones is 1. The molecule has 0 aromatic rings. The average Bonchev–Trinajstić information content (AvgIpc) is 3.19. The predicted molar refractivity (Wildman–Crippen MR) is 125 cm³/mol. The van der Waals surface area contributed by atoms with E-state index >= 15 is 0 Å². The van der Waals surface area contributed by atoms with Crippen LogP contribution in [0.1, 0.15) is 98.3 Å². The molecular weight excluding hydrogens is 380 g/mol. The second-order valence-electron chi connectivity index (χ2n) is 12.8. The molecule has 31 heavy (non-hydrogen) atoms. The van der Waals surface area contributed by atoms with Crippen molar-refractivity contribution in [3.8, 4) is 0 Å². The van der Waals surface area contributed by atoms with E-state index in [1.165, 1.54) is 56.9 Å². The van der Waals surface area contributed by atoms with Crippen LogP contribution < -0.4 is 0 Å². The summed E-state index contributed by atoms with van der Waals surface area (Å²) in [6.07, 6.45) is 16.0. The Labute approximate surface area is 189 Å². The van der Waals surface area contributed by atoms with E-state index in [1.54, 1.807) is 5.57 Å². The van der Waals surface area contributed by atoms with Crippen molar-refractivity contribution in [2.45, 2.75) is 110 Å². The summed E-state index contributed by atoms with van der Waals surface area (Å²) < 4.78 is 7.06. The molecule has 2 heteroatoms. The lowest BCUT2D eigenvalue weighted by Gasteiger charge is -2.48. The van der Waals surface area contributed by atoms with Crippen molar-refractivity contribution in [1.82, 2.24) is 0 Å². The molecule has 0 bridgehead atoms. The molecule has 0 N–H and O–H groups in total. The van der Waals surface area contributed by atoms with E-state index in [0.717, 1.165) is 48.9 Å². The third-order valence-corrected chi connectivity index (χ3v) is 11.4. The maximum absolute atomic E-state index is 12.1. The number of carbonyl (C=O) groups excluding carboxylic acids is 1. The quantitative estimate of drug-likeness (QED) is 0.391. The Hall–Kier alpha value is -0.890. The van der Waals surface area contributed by atoms with Crippen LogP contribution in [-0.2, 0) is 9.53 Å². The Morgan fingerprint density at radius 2 is 1.87 bits per heavy atom. The molecule has 2 nitrogen and oxygen atoms in total. The number of hydrogen-bond donors (Lipinski definition) is 0. The van der Waals surface area contributed by atoms with Crippen LogP contribution in [0, 0.1) is 40.9 Å². The fourth-order valence-corrected chi connectivity index (χ4v) is 9.53. The summed E-state index contributed by atoms with van der Waals surface area (Å²) in [6, 6.07) is 0.